The lowest BCUT2D eigenvalue weighted by Crippen LogP contribution is -2.48. The maximum Gasteiger partial charge on any atom is 0.191 e. The van der Waals surface area contributed by atoms with Crippen LogP contribution in [0.15, 0.2) is 35.3 Å². The molecule has 0 aliphatic carbocycles. The van der Waals surface area contributed by atoms with Crippen molar-refractivity contribution in [3.63, 3.8) is 0 Å². The van der Waals surface area contributed by atoms with Crippen LogP contribution in [0.5, 0.6) is 0 Å². The van der Waals surface area contributed by atoms with Crippen molar-refractivity contribution in [1.82, 2.24) is 10.6 Å². The SMILES string of the molecule is CN=C(NCC(C)COCc1ccccc1)NCC1(SC)CCOCC1. The smallest absolute Gasteiger partial charge is 0.191 e. The van der Waals surface area contributed by atoms with E-state index in [1.54, 1.807) is 0 Å². The molecule has 5 nitrogen and oxygen atoms in total. The van der Waals surface area contributed by atoms with Gasteiger partial charge in [-0.1, -0.05) is 37.3 Å². The van der Waals surface area contributed by atoms with Gasteiger partial charge in [0.1, 0.15) is 0 Å². The van der Waals surface area contributed by atoms with Crippen molar-refractivity contribution in [1.29, 1.82) is 0 Å². The molecular weight excluding hydrogens is 346 g/mol. The first-order valence-electron chi connectivity index (χ1n) is 9.36. The number of benzene rings is 1. The topological polar surface area (TPSA) is 54.9 Å². The molecule has 0 saturated carbocycles. The second-order valence-electron chi connectivity index (χ2n) is 6.91. The normalized spacial score (nSPS) is 18.3. The summed E-state index contributed by atoms with van der Waals surface area (Å²) >= 11 is 1.93. The van der Waals surface area contributed by atoms with E-state index < -0.39 is 0 Å². The van der Waals surface area contributed by atoms with E-state index in [1.807, 2.05) is 37.0 Å². The van der Waals surface area contributed by atoms with Crippen LogP contribution >= 0.6 is 11.8 Å². The van der Waals surface area contributed by atoms with E-state index in [0.29, 0.717) is 12.5 Å². The van der Waals surface area contributed by atoms with Crippen LogP contribution in [0.2, 0.25) is 0 Å². The van der Waals surface area contributed by atoms with Crippen LogP contribution in [0, 0.1) is 5.92 Å². The molecule has 1 heterocycles. The summed E-state index contributed by atoms with van der Waals surface area (Å²) in [5.41, 5.74) is 1.21. The van der Waals surface area contributed by atoms with Crippen LogP contribution in [0.3, 0.4) is 0 Å². The highest BCUT2D eigenvalue weighted by molar-refractivity contribution is 8.00. The van der Waals surface area contributed by atoms with Crippen LogP contribution in [0.25, 0.3) is 0 Å². The summed E-state index contributed by atoms with van der Waals surface area (Å²) in [6, 6.07) is 10.3. The predicted molar refractivity (Wildman–Crippen MR) is 111 cm³/mol. The highest BCUT2D eigenvalue weighted by Gasteiger charge is 2.31. The Bertz CT molecular complexity index is 533. The lowest BCUT2D eigenvalue weighted by molar-refractivity contribution is 0.0782. The fourth-order valence-electron chi connectivity index (χ4n) is 2.94. The number of thioether (sulfide) groups is 1. The van der Waals surface area contributed by atoms with Crippen molar-refractivity contribution in [2.75, 3.05) is 46.2 Å². The third-order valence-electron chi connectivity index (χ3n) is 4.77. The molecule has 1 saturated heterocycles. The zero-order valence-electron chi connectivity index (χ0n) is 16.3. The molecule has 1 unspecified atom stereocenters. The third-order valence-corrected chi connectivity index (χ3v) is 6.19. The lowest BCUT2D eigenvalue weighted by Gasteiger charge is -2.36. The summed E-state index contributed by atoms with van der Waals surface area (Å²) in [7, 11) is 1.82. The lowest BCUT2D eigenvalue weighted by atomic mass is 9.99. The number of hydrogen-bond donors (Lipinski definition) is 2. The summed E-state index contributed by atoms with van der Waals surface area (Å²) in [6.45, 7) is 7.03. The Kier molecular flexibility index (Phi) is 9.29. The molecule has 0 radical (unpaired) electrons. The molecule has 2 N–H and O–H groups in total. The summed E-state index contributed by atoms with van der Waals surface area (Å²) in [5, 5.41) is 6.91. The molecule has 6 heteroatoms. The summed E-state index contributed by atoms with van der Waals surface area (Å²) in [5.74, 6) is 1.27. The Morgan fingerprint density at radius 2 is 2.00 bits per heavy atom. The molecule has 1 atom stereocenters. The van der Waals surface area contributed by atoms with E-state index in [2.05, 4.69) is 40.9 Å². The summed E-state index contributed by atoms with van der Waals surface area (Å²) in [4.78, 5) is 4.35. The van der Waals surface area contributed by atoms with E-state index in [4.69, 9.17) is 9.47 Å². The largest absolute Gasteiger partial charge is 0.381 e. The molecule has 1 aromatic rings. The minimum Gasteiger partial charge on any atom is -0.381 e. The Labute approximate surface area is 162 Å². The van der Waals surface area contributed by atoms with Crippen molar-refractivity contribution in [3.8, 4) is 0 Å². The Morgan fingerprint density at radius 1 is 1.27 bits per heavy atom. The zero-order chi connectivity index (χ0) is 18.7. The minimum atomic E-state index is 0.250. The van der Waals surface area contributed by atoms with Crippen LogP contribution < -0.4 is 10.6 Å². The second-order valence-corrected chi connectivity index (χ2v) is 8.19. The highest BCUT2D eigenvalue weighted by atomic mass is 32.2. The van der Waals surface area contributed by atoms with Crippen molar-refractivity contribution >= 4 is 17.7 Å². The maximum atomic E-state index is 5.82. The monoisotopic (exact) mass is 379 g/mol. The first-order valence-corrected chi connectivity index (χ1v) is 10.6. The van der Waals surface area contributed by atoms with Crippen molar-refractivity contribution in [2.24, 2.45) is 10.9 Å². The van der Waals surface area contributed by atoms with Gasteiger partial charge in [-0.3, -0.25) is 4.99 Å². The molecule has 1 aromatic carbocycles. The van der Waals surface area contributed by atoms with Gasteiger partial charge < -0.3 is 20.1 Å². The average molecular weight is 380 g/mol. The van der Waals surface area contributed by atoms with Crippen LogP contribution in [-0.2, 0) is 16.1 Å². The van der Waals surface area contributed by atoms with E-state index in [1.165, 1.54) is 5.56 Å². The number of nitrogens with zero attached hydrogens (tertiary/aromatic N) is 1. The molecule has 0 amide bonds. The van der Waals surface area contributed by atoms with Crippen molar-refractivity contribution in [2.45, 2.75) is 31.1 Å². The first-order chi connectivity index (χ1) is 12.7. The molecule has 2 rings (SSSR count). The van der Waals surface area contributed by atoms with Crippen molar-refractivity contribution in [3.05, 3.63) is 35.9 Å². The molecule has 26 heavy (non-hydrogen) atoms. The van der Waals surface area contributed by atoms with Gasteiger partial charge in [0, 0.05) is 38.1 Å². The number of ether oxygens (including phenoxy) is 2. The van der Waals surface area contributed by atoms with Gasteiger partial charge in [0.2, 0.25) is 0 Å². The van der Waals surface area contributed by atoms with Gasteiger partial charge in [-0.2, -0.15) is 11.8 Å². The fraction of sp³-hybridized carbons (Fsp3) is 0.650. The minimum absolute atomic E-state index is 0.250. The number of rotatable bonds is 9. The van der Waals surface area contributed by atoms with Gasteiger partial charge in [0.05, 0.1) is 13.2 Å². The van der Waals surface area contributed by atoms with E-state index >= 15 is 0 Å². The molecule has 1 aliphatic rings. The second kappa shape index (κ2) is 11.5. The summed E-state index contributed by atoms with van der Waals surface area (Å²) in [6.07, 6.45) is 4.36. The summed E-state index contributed by atoms with van der Waals surface area (Å²) < 4.78 is 11.6. The van der Waals surface area contributed by atoms with Crippen LogP contribution in [-0.4, -0.2) is 56.9 Å². The van der Waals surface area contributed by atoms with Gasteiger partial charge in [0.15, 0.2) is 5.96 Å². The average Bonchev–Trinajstić information content (AvgIpc) is 2.69. The molecule has 0 aromatic heterocycles. The molecule has 0 spiro atoms. The van der Waals surface area contributed by atoms with E-state index in [-0.39, 0.29) is 4.75 Å². The van der Waals surface area contributed by atoms with Gasteiger partial charge >= 0.3 is 0 Å². The van der Waals surface area contributed by atoms with Gasteiger partial charge in [-0.15, -0.1) is 0 Å². The van der Waals surface area contributed by atoms with Gasteiger partial charge in [0.25, 0.3) is 0 Å². The van der Waals surface area contributed by atoms with E-state index in [0.717, 1.165) is 51.7 Å². The standard InChI is InChI=1S/C20H33N3O2S/c1-17(14-25-15-18-7-5-4-6-8-18)13-22-19(21-2)23-16-20(26-3)9-11-24-12-10-20/h4-8,17H,9-16H2,1-3H3,(H2,21,22,23). The Hall–Kier alpha value is -1.24. The number of nitrogens with one attached hydrogen (secondary N) is 2. The van der Waals surface area contributed by atoms with E-state index in [9.17, 15) is 0 Å². The molecule has 1 aliphatic heterocycles. The van der Waals surface area contributed by atoms with Gasteiger partial charge in [-0.25, -0.2) is 0 Å². The number of aliphatic imine (C=N–C) groups is 1. The highest BCUT2D eigenvalue weighted by Crippen LogP contribution is 2.32. The Morgan fingerprint density at radius 3 is 2.65 bits per heavy atom. The Balaban J connectivity index is 1.65. The predicted octanol–water partition coefficient (Wildman–Crippen LogP) is 2.92. The molecule has 0 bridgehead atoms. The molecule has 146 valence electrons. The van der Waals surface area contributed by atoms with Crippen LogP contribution in [0.1, 0.15) is 25.3 Å². The molecular formula is C20H33N3O2S. The molecule has 1 fully saturated rings. The first kappa shape index (κ1) is 21.1. The number of hydrogen-bond acceptors (Lipinski definition) is 4. The number of guanidine groups is 1. The van der Waals surface area contributed by atoms with Crippen molar-refractivity contribution < 1.29 is 9.47 Å². The zero-order valence-corrected chi connectivity index (χ0v) is 17.1. The maximum absolute atomic E-state index is 5.82. The fourth-order valence-corrected chi connectivity index (χ4v) is 3.74. The van der Waals surface area contributed by atoms with Crippen LogP contribution in [0.4, 0.5) is 0 Å². The third kappa shape index (κ3) is 7.17. The quantitative estimate of drug-likeness (QED) is 0.510. The van der Waals surface area contributed by atoms with Gasteiger partial charge in [-0.05, 0) is 30.6 Å².